The Morgan fingerprint density at radius 2 is 1.35 bits per heavy atom. The molecule has 0 unspecified atom stereocenters. The van der Waals surface area contributed by atoms with Gasteiger partial charge in [-0.25, -0.2) is 9.59 Å². The van der Waals surface area contributed by atoms with Gasteiger partial charge in [-0.05, 0) is 62.4 Å². The lowest BCUT2D eigenvalue weighted by Gasteiger charge is -2.17. The van der Waals surface area contributed by atoms with E-state index in [1.165, 1.54) is 0 Å². The highest BCUT2D eigenvalue weighted by Crippen LogP contribution is 2.24. The molecule has 2 aromatic rings. The van der Waals surface area contributed by atoms with Crippen molar-refractivity contribution in [1.82, 2.24) is 0 Å². The molecule has 138 valence electrons. The van der Waals surface area contributed by atoms with Crippen molar-refractivity contribution in [2.24, 2.45) is 0 Å². The van der Waals surface area contributed by atoms with E-state index in [0.29, 0.717) is 22.9 Å². The Kier molecular flexibility index (Phi) is 6.84. The Bertz CT molecular complexity index is 711. The average molecular weight is 358 g/mol. The first-order valence-electron chi connectivity index (χ1n) is 8.26. The van der Waals surface area contributed by atoms with Gasteiger partial charge in [0.15, 0.2) is 0 Å². The molecule has 0 amide bonds. The molecule has 7 nitrogen and oxygen atoms in total. The summed E-state index contributed by atoms with van der Waals surface area (Å²) < 4.78 is 15.5. The van der Waals surface area contributed by atoms with Gasteiger partial charge in [-0.15, -0.1) is 0 Å². The number of ether oxygens (including phenoxy) is 3. The van der Waals surface area contributed by atoms with Gasteiger partial charge in [-0.1, -0.05) is 0 Å². The van der Waals surface area contributed by atoms with Crippen molar-refractivity contribution in [3.05, 3.63) is 48.5 Å². The lowest BCUT2D eigenvalue weighted by molar-refractivity contribution is -0.155. The predicted molar refractivity (Wildman–Crippen MR) is 98.0 cm³/mol. The lowest BCUT2D eigenvalue weighted by atomic mass is 10.2. The van der Waals surface area contributed by atoms with Crippen LogP contribution in [0.4, 0.5) is 11.4 Å². The first kappa shape index (κ1) is 19.1. The number of benzene rings is 2. The van der Waals surface area contributed by atoms with Gasteiger partial charge in [0, 0.05) is 11.4 Å². The third-order valence-corrected chi connectivity index (χ3v) is 3.33. The van der Waals surface area contributed by atoms with E-state index in [9.17, 15) is 9.59 Å². The van der Waals surface area contributed by atoms with Crippen molar-refractivity contribution < 1.29 is 23.8 Å². The molecule has 0 saturated carbocycles. The van der Waals surface area contributed by atoms with Crippen LogP contribution in [0.1, 0.15) is 13.8 Å². The number of hydrogen-bond donors (Lipinski definition) is 2. The molecule has 26 heavy (non-hydrogen) atoms. The molecule has 2 rings (SSSR count). The highest BCUT2D eigenvalue weighted by Gasteiger charge is 2.29. The maximum Gasteiger partial charge on any atom is 0.340 e. The third kappa shape index (κ3) is 5.41. The average Bonchev–Trinajstić information content (AvgIpc) is 2.63. The first-order chi connectivity index (χ1) is 12.5. The van der Waals surface area contributed by atoms with Crippen molar-refractivity contribution in [2.45, 2.75) is 19.9 Å². The van der Waals surface area contributed by atoms with Crippen LogP contribution in [0.3, 0.4) is 0 Å². The molecule has 0 aromatic heterocycles. The van der Waals surface area contributed by atoms with Gasteiger partial charge >= 0.3 is 11.9 Å². The predicted octanol–water partition coefficient (Wildman–Crippen LogP) is 2.97. The molecule has 0 fully saturated rings. The molecular weight excluding hydrogens is 336 g/mol. The monoisotopic (exact) mass is 358 g/mol. The molecule has 0 aliphatic heterocycles. The van der Waals surface area contributed by atoms with Gasteiger partial charge < -0.3 is 25.3 Å². The molecule has 0 saturated heterocycles. The minimum atomic E-state index is -1.22. The second kappa shape index (κ2) is 9.31. The number of carbonyl (C=O) groups is 2. The zero-order valence-corrected chi connectivity index (χ0v) is 14.7. The lowest BCUT2D eigenvalue weighted by Crippen LogP contribution is -2.40. The number of nitrogen functional groups attached to an aromatic ring is 1. The smallest absolute Gasteiger partial charge is 0.340 e. The van der Waals surface area contributed by atoms with E-state index in [1.54, 1.807) is 62.4 Å². The quantitative estimate of drug-likeness (QED) is 0.425. The van der Waals surface area contributed by atoms with Crippen LogP contribution >= 0.6 is 0 Å². The summed E-state index contributed by atoms with van der Waals surface area (Å²) in [7, 11) is 0. The van der Waals surface area contributed by atoms with E-state index in [0.717, 1.165) is 0 Å². The molecule has 0 bridgehead atoms. The second-order valence-electron chi connectivity index (χ2n) is 5.28. The van der Waals surface area contributed by atoms with Crippen LogP contribution in [0.2, 0.25) is 0 Å². The van der Waals surface area contributed by atoms with E-state index in [-0.39, 0.29) is 13.2 Å². The number of anilines is 2. The molecule has 2 aromatic carbocycles. The maximum atomic E-state index is 12.0. The fourth-order valence-corrected chi connectivity index (χ4v) is 2.12. The summed E-state index contributed by atoms with van der Waals surface area (Å²) in [5.74, 6) is -0.124. The highest BCUT2D eigenvalue weighted by molar-refractivity contribution is 6.02. The van der Waals surface area contributed by atoms with Crippen LogP contribution in [0.15, 0.2) is 48.5 Å². The van der Waals surface area contributed by atoms with E-state index in [2.05, 4.69) is 5.32 Å². The fraction of sp³-hybridized carbons (Fsp3) is 0.263. The Labute approximate surface area is 152 Å². The summed E-state index contributed by atoms with van der Waals surface area (Å²) in [6.07, 6.45) is 0. The van der Waals surface area contributed by atoms with Crippen LogP contribution in [-0.4, -0.2) is 31.2 Å². The van der Waals surface area contributed by atoms with Gasteiger partial charge in [0.05, 0.1) is 13.2 Å². The minimum absolute atomic E-state index is 0.171. The van der Waals surface area contributed by atoms with E-state index < -0.39 is 18.0 Å². The number of nitrogens with two attached hydrogens (primary N) is 1. The van der Waals surface area contributed by atoms with E-state index in [1.807, 2.05) is 0 Å². The molecule has 0 spiro atoms. The van der Waals surface area contributed by atoms with E-state index >= 15 is 0 Å². The number of rotatable bonds is 8. The Morgan fingerprint density at radius 3 is 1.81 bits per heavy atom. The van der Waals surface area contributed by atoms with Crippen LogP contribution in [0.5, 0.6) is 11.5 Å². The molecule has 3 N–H and O–H groups in total. The SMILES string of the molecule is CCOC(=O)C(Nc1ccc(Oc2ccc(N)cc2)cc1)C(=O)OCC. The Hall–Kier alpha value is -3.22. The normalized spacial score (nSPS) is 10.3. The molecule has 0 aliphatic carbocycles. The maximum absolute atomic E-state index is 12.0. The van der Waals surface area contributed by atoms with Crippen molar-refractivity contribution in [3.63, 3.8) is 0 Å². The zero-order valence-electron chi connectivity index (χ0n) is 14.7. The molecular formula is C19H22N2O5. The summed E-state index contributed by atoms with van der Waals surface area (Å²) >= 11 is 0. The van der Waals surface area contributed by atoms with Crippen LogP contribution < -0.4 is 15.8 Å². The molecule has 0 atom stereocenters. The van der Waals surface area contributed by atoms with Gasteiger partial charge in [0.25, 0.3) is 0 Å². The van der Waals surface area contributed by atoms with E-state index in [4.69, 9.17) is 19.9 Å². The number of hydrogen-bond acceptors (Lipinski definition) is 7. The van der Waals surface area contributed by atoms with Crippen molar-refractivity contribution in [2.75, 3.05) is 24.3 Å². The summed E-state index contributed by atoms with van der Waals surface area (Å²) in [5, 5.41) is 2.83. The summed E-state index contributed by atoms with van der Waals surface area (Å²) in [6, 6.07) is 12.6. The summed E-state index contributed by atoms with van der Waals surface area (Å²) in [4.78, 5) is 24.0. The molecule has 0 heterocycles. The standard InChI is InChI=1S/C19H22N2O5/c1-3-24-18(22)17(19(23)25-4-2)21-14-7-11-16(12-8-14)26-15-9-5-13(20)6-10-15/h5-12,17,21H,3-4,20H2,1-2H3. The zero-order chi connectivity index (χ0) is 18.9. The van der Waals surface area contributed by atoms with Crippen molar-refractivity contribution in [1.29, 1.82) is 0 Å². The summed E-state index contributed by atoms with van der Waals surface area (Å²) in [6.45, 7) is 3.68. The van der Waals surface area contributed by atoms with Crippen LogP contribution in [0.25, 0.3) is 0 Å². The Morgan fingerprint density at radius 1 is 0.885 bits per heavy atom. The van der Waals surface area contributed by atoms with Gasteiger partial charge in [0.1, 0.15) is 11.5 Å². The first-order valence-corrected chi connectivity index (χ1v) is 8.26. The minimum Gasteiger partial charge on any atom is -0.464 e. The second-order valence-corrected chi connectivity index (χ2v) is 5.28. The van der Waals surface area contributed by atoms with Crippen LogP contribution in [0, 0.1) is 0 Å². The molecule has 7 heteroatoms. The van der Waals surface area contributed by atoms with Crippen molar-refractivity contribution >= 4 is 23.3 Å². The van der Waals surface area contributed by atoms with Crippen molar-refractivity contribution in [3.8, 4) is 11.5 Å². The van der Waals surface area contributed by atoms with Gasteiger partial charge in [0.2, 0.25) is 6.04 Å². The largest absolute Gasteiger partial charge is 0.464 e. The summed E-state index contributed by atoms with van der Waals surface area (Å²) in [5.41, 5.74) is 6.85. The molecule has 0 aliphatic rings. The third-order valence-electron chi connectivity index (χ3n) is 3.33. The number of esters is 2. The Balaban J connectivity index is 2.06. The van der Waals surface area contributed by atoms with Crippen LogP contribution in [-0.2, 0) is 19.1 Å². The van der Waals surface area contributed by atoms with Gasteiger partial charge in [-0.2, -0.15) is 0 Å². The number of carbonyl (C=O) groups excluding carboxylic acids is 2. The topological polar surface area (TPSA) is 99.9 Å². The number of nitrogens with one attached hydrogen (secondary N) is 1. The molecule has 0 radical (unpaired) electrons. The van der Waals surface area contributed by atoms with Gasteiger partial charge in [-0.3, -0.25) is 0 Å². The fourth-order valence-electron chi connectivity index (χ4n) is 2.12. The highest BCUT2D eigenvalue weighted by atomic mass is 16.6.